The van der Waals surface area contributed by atoms with Crippen molar-refractivity contribution in [3.8, 4) is 11.8 Å². The van der Waals surface area contributed by atoms with Crippen molar-refractivity contribution in [1.29, 1.82) is 0 Å². The SMILES string of the molecule is CCCCCC#CCC(=O)C1CC2CCCC(C1)N2. The molecule has 2 fully saturated rings. The number of nitrogens with one attached hydrogen (secondary N) is 1. The quantitative estimate of drug-likeness (QED) is 0.606. The first kappa shape index (κ1) is 14.6. The van der Waals surface area contributed by atoms with Crippen LogP contribution in [0.4, 0.5) is 0 Å². The van der Waals surface area contributed by atoms with Crippen LogP contribution in [-0.2, 0) is 4.79 Å². The van der Waals surface area contributed by atoms with E-state index in [-0.39, 0.29) is 5.92 Å². The number of hydrogen-bond acceptors (Lipinski definition) is 2. The van der Waals surface area contributed by atoms with Crippen molar-refractivity contribution in [2.75, 3.05) is 0 Å². The van der Waals surface area contributed by atoms with Gasteiger partial charge in [0.2, 0.25) is 0 Å². The molecule has 0 saturated carbocycles. The molecular weight excluding hydrogens is 234 g/mol. The van der Waals surface area contributed by atoms with Crippen LogP contribution in [0.2, 0.25) is 0 Å². The van der Waals surface area contributed by atoms with Gasteiger partial charge in [-0.05, 0) is 32.1 Å². The molecule has 2 rings (SSSR count). The van der Waals surface area contributed by atoms with Crippen molar-refractivity contribution < 1.29 is 4.79 Å². The second-order valence-corrected chi connectivity index (χ2v) is 6.11. The Hall–Kier alpha value is -0.810. The van der Waals surface area contributed by atoms with Crippen LogP contribution < -0.4 is 5.32 Å². The molecule has 2 unspecified atom stereocenters. The molecule has 0 aromatic heterocycles. The van der Waals surface area contributed by atoms with Crippen LogP contribution in [0.5, 0.6) is 0 Å². The molecule has 2 atom stereocenters. The Kier molecular flexibility index (Phi) is 5.92. The van der Waals surface area contributed by atoms with Gasteiger partial charge in [-0.3, -0.25) is 4.79 Å². The molecule has 2 heteroatoms. The predicted molar refractivity (Wildman–Crippen MR) is 78.8 cm³/mol. The van der Waals surface area contributed by atoms with E-state index >= 15 is 0 Å². The lowest BCUT2D eigenvalue weighted by atomic mass is 9.78. The van der Waals surface area contributed by atoms with Gasteiger partial charge < -0.3 is 5.32 Å². The van der Waals surface area contributed by atoms with Crippen LogP contribution in [0.3, 0.4) is 0 Å². The molecule has 2 saturated heterocycles. The van der Waals surface area contributed by atoms with Gasteiger partial charge in [0.15, 0.2) is 0 Å². The molecule has 2 aliphatic rings. The molecule has 0 amide bonds. The van der Waals surface area contributed by atoms with Crippen LogP contribution in [0.15, 0.2) is 0 Å². The Morgan fingerprint density at radius 3 is 2.58 bits per heavy atom. The van der Waals surface area contributed by atoms with Crippen molar-refractivity contribution in [2.24, 2.45) is 5.92 Å². The van der Waals surface area contributed by atoms with Crippen LogP contribution in [-0.4, -0.2) is 17.9 Å². The summed E-state index contributed by atoms with van der Waals surface area (Å²) in [5, 5.41) is 3.64. The van der Waals surface area contributed by atoms with Crippen LogP contribution in [0.25, 0.3) is 0 Å². The van der Waals surface area contributed by atoms with E-state index in [1.54, 1.807) is 0 Å². The predicted octanol–water partition coefficient (Wildman–Crippen LogP) is 3.45. The van der Waals surface area contributed by atoms with Crippen molar-refractivity contribution in [3.63, 3.8) is 0 Å². The van der Waals surface area contributed by atoms with E-state index in [1.165, 1.54) is 38.5 Å². The summed E-state index contributed by atoms with van der Waals surface area (Å²) in [6, 6.07) is 1.19. The van der Waals surface area contributed by atoms with Gasteiger partial charge in [0.05, 0.1) is 6.42 Å². The summed E-state index contributed by atoms with van der Waals surface area (Å²) in [6.45, 7) is 2.20. The highest BCUT2D eigenvalue weighted by Crippen LogP contribution is 2.30. The summed E-state index contributed by atoms with van der Waals surface area (Å²) in [6.07, 6.45) is 11.0. The fourth-order valence-electron chi connectivity index (χ4n) is 3.37. The largest absolute Gasteiger partial charge is 0.311 e. The van der Waals surface area contributed by atoms with Crippen LogP contribution >= 0.6 is 0 Å². The zero-order chi connectivity index (χ0) is 13.5. The zero-order valence-electron chi connectivity index (χ0n) is 12.2. The van der Waals surface area contributed by atoms with E-state index in [9.17, 15) is 4.79 Å². The van der Waals surface area contributed by atoms with Gasteiger partial charge in [-0.15, -0.1) is 5.92 Å². The minimum absolute atomic E-state index is 0.279. The van der Waals surface area contributed by atoms with Gasteiger partial charge in [-0.1, -0.05) is 32.1 Å². The smallest absolute Gasteiger partial charge is 0.147 e. The maximum Gasteiger partial charge on any atom is 0.147 e. The third-order valence-electron chi connectivity index (χ3n) is 4.46. The maximum atomic E-state index is 12.2. The standard InChI is InChI=1S/C17H27NO/c1-2-3-4-5-6-7-11-17(19)14-12-15-9-8-10-16(13-14)18-15/h14-16,18H,2-5,8-13H2,1H3. The average Bonchev–Trinajstić information content (AvgIpc) is 2.42. The molecule has 0 spiro atoms. The van der Waals surface area contributed by atoms with Crippen molar-refractivity contribution in [2.45, 2.75) is 83.2 Å². The normalized spacial score (nSPS) is 29.4. The number of fused-ring (bicyclic) bond motifs is 2. The minimum atomic E-state index is 0.279. The molecule has 2 aliphatic heterocycles. The Morgan fingerprint density at radius 2 is 1.89 bits per heavy atom. The topological polar surface area (TPSA) is 29.1 Å². The van der Waals surface area contributed by atoms with Crippen molar-refractivity contribution in [3.05, 3.63) is 0 Å². The number of unbranched alkanes of at least 4 members (excludes halogenated alkanes) is 3. The Labute approximate surface area is 117 Å². The number of rotatable bonds is 5. The number of carbonyl (C=O) groups excluding carboxylic acids is 1. The summed E-state index contributed by atoms with van der Waals surface area (Å²) in [7, 11) is 0. The molecule has 2 heterocycles. The van der Waals surface area contributed by atoms with Crippen molar-refractivity contribution in [1.82, 2.24) is 5.32 Å². The first-order valence-corrected chi connectivity index (χ1v) is 8.04. The highest BCUT2D eigenvalue weighted by Gasteiger charge is 2.33. The fraction of sp³-hybridized carbons (Fsp3) is 0.824. The average molecular weight is 261 g/mol. The molecule has 0 aromatic carbocycles. The third-order valence-corrected chi connectivity index (χ3v) is 4.46. The maximum absolute atomic E-state index is 12.2. The molecule has 0 radical (unpaired) electrons. The number of carbonyl (C=O) groups is 1. The number of Topliss-reactive ketones (excluding diaryl/α,β-unsaturated/α-hetero) is 1. The highest BCUT2D eigenvalue weighted by atomic mass is 16.1. The second kappa shape index (κ2) is 7.70. The number of piperidine rings is 2. The van der Waals surface area contributed by atoms with Gasteiger partial charge in [0.1, 0.15) is 5.78 Å². The van der Waals surface area contributed by atoms with Gasteiger partial charge in [-0.2, -0.15) is 0 Å². The van der Waals surface area contributed by atoms with Crippen LogP contribution in [0.1, 0.15) is 71.1 Å². The molecule has 2 nitrogen and oxygen atoms in total. The lowest BCUT2D eigenvalue weighted by Crippen LogP contribution is -2.49. The Balaban J connectivity index is 1.71. The lowest BCUT2D eigenvalue weighted by Gasteiger charge is -2.39. The summed E-state index contributed by atoms with van der Waals surface area (Å²) in [4.78, 5) is 12.2. The first-order valence-electron chi connectivity index (χ1n) is 8.04. The summed E-state index contributed by atoms with van der Waals surface area (Å²) in [5.74, 6) is 6.91. The van der Waals surface area contributed by atoms with Crippen molar-refractivity contribution >= 4 is 5.78 Å². The first-order chi connectivity index (χ1) is 9.29. The number of ketones is 1. The van der Waals surface area contributed by atoms with E-state index in [4.69, 9.17) is 0 Å². The van der Waals surface area contributed by atoms with E-state index in [0.717, 1.165) is 19.3 Å². The molecule has 2 bridgehead atoms. The Bertz CT molecular complexity index is 340. The van der Waals surface area contributed by atoms with E-state index < -0.39 is 0 Å². The fourth-order valence-corrected chi connectivity index (χ4v) is 3.37. The van der Waals surface area contributed by atoms with Gasteiger partial charge in [0, 0.05) is 24.4 Å². The molecule has 1 N–H and O–H groups in total. The van der Waals surface area contributed by atoms with Gasteiger partial charge in [-0.25, -0.2) is 0 Å². The minimum Gasteiger partial charge on any atom is -0.311 e. The molecule has 106 valence electrons. The molecule has 19 heavy (non-hydrogen) atoms. The monoisotopic (exact) mass is 261 g/mol. The summed E-state index contributed by atoms with van der Waals surface area (Å²) < 4.78 is 0. The number of hydrogen-bond donors (Lipinski definition) is 1. The summed E-state index contributed by atoms with van der Waals surface area (Å²) >= 11 is 0. The molecular formula is C17H27NO. The van der Waals surface area contributed by atoms with E-state index in [0.29, 0.717) is 24.3 Å². The Morgan fingerprint density at radius 1 is 1.16 bits per heavy atom. The third kappa shape index (κ3) is 4.66. The zero-order valence-corrected chi connectivity index (χ0v) is 12.2. The van der Waals surface area contributed by atoms with E-state index in [2.05, 4.69) is 24.1 Å². The van der Waals surface area contributed by atoms with Gasteiger partial charge in [0.25, 0.3) is 0 Å². The lowest BCUT2D eigenvalue weighted by molar-refractivity contribution is -0.123. The second-order valence-electron chi connectivity index (χ2n) is 6.11. The molecule has 0 aromatic rings. The van der Waals surface area contributed by atoms with Gasteiger partial charge >= 0.3 is 0 Å². The summed E-state index contributed by atoms with van der Waals surface area (Å²) in [5.41, 5.74) is 0. The van der Waals surface area contributed by atoms with E-state index in [1.807, 2.05) is 0 Å². The highest BCUT2D eigenvalue weighted by molar-refractivity contribution is 5.83. The van der Waals surface area contributed by atoms with Crippen LogP contribution in [0, 0.1) is 17.8 Å². The molecule has 0 aliphatic carbocycles.